The van der Waals surface area contributed by atoms with Crippen LogP contribution in [0.25, 0.3) is 0 Å². The lowest BCUT2D eigenvalue weighted by molar-refractivity contribution is 0.112. The summed E-state index contributed by atoms with van der Waals surface area (Å²) in [6.45, 7) is 1.61. The van der Waals surface area contributed by atoms with Crippen molar-refractivity contribution in [2.24, 2.45) is 0 Å². The summed E-state index contributed by atoms with van der Waals surface area (Å²) in [5, 5.41) is 10.4. The zero-order valence-electron chi connectivity index (χ0n) is 26.8. The third-order valence-corrected chi connectivity index (χ3v) is 9.89. The first kappa shape index (κ1) is 30.3. The second kappa shape index (κ2) is 12.4. The SMILES string of the molecule is COc1cc2c3cc1Oc1c(OC)c(CO)cc4c1[C@H](Cc1ccc(cc1)Oc1cc(ccc1C=O)C[C@H]3N(C)CC2)N(C)CC4. The van der Waals surface area contributed by atoms with Crippen LogP contribution < -0.4 is 18.9 Å². The fourth-order valence-electron chi connectivity index (χ4n) is 7.32. The number of hydrogen-bond acceptors (Lipinski definition) is 8. The van der Waals surface area contributed by atoms with Crippen molar-refractivity contribution in [1.82, 2.24) is 9.80 Å². The van der Waals surface area contributed by atoms with E-state index in [1.807, 2.05) is 30.3 Å². The number of aliphatic hydroxyl groups is 1. The third kappa shape index (κ3) is 5.40. The molecule has 4 aliphatic rings. The van der Waals surface area contributed by atoms with E-state index in [4.69, 9.17) is 18.9 Å². The summed E-state index contributed by atoms with van der Waals surface area (Å²) in [6.07, 6.45) is 4.01. The molecule has 1 N–H and O–H groups in total. The highest BCUT2D eigenvalue weighted by Gasteiger charge is 2.34. The van der Waals surface area contributed by atoms with Gasteiger partial charge in [-0.3, -0.25) is 14.6 Å². The van der Waals surface area contributed by atoms with E-state index in [1.54, 1.807) is 14.2 Å². The van der Waals surface area contributed by atoms with Gasteiger partial charge >= 0.3 is 0 Å². The topological polar surface area (TPSA) is 80.7 Å². The van der Waals surface area contributed by atoms with Gasteiger partial charge in [0, 0.05) is 36.3 Å². The number of ether oxygens (including phenoxy) is 4. The van der Waals surface area contributed by atoms with Crippen LogP contribution in [-0.2, 0) is 32.3 Å². The number of carbonyl (C=O) groups excluding carboxylic acids is 1. The predicted octanol–water partition coefficient (Wildman–Crippen LogP) is 6.45. The van der Waals surface area contributed by atoms with E-state index in [9.17, 15) is 9.90 Å². The minimum Gasteiger partial charge on any atom is -0.493 e. The van der Waals surface area contributed by atoms with Crippen LogP contribution in [0.4, 0.5) is 0 Å². The lowest BCUT2D eigenvalue weighted by Gasteiger charge is -2.37. The molecule has 0 saturated heterocycles. The van der Waals surface area contributed by atoms with Crippen molar-refractivity contribution in [1.29, 1.82) is 0 Å². The highest BCUT2D eigenvalue weighted by molar-refractivity contribution is 5.79. The summed E-state index contributed by atoms with van der Waals surface area (Å²) in [5.74, 6) is 3.65. The van der Waals surface area contributed by atoms with E-state index < -0.39 is 0 Å². The zero-order valence-corrected chi connectivity index (χ0v) is 26.8. The number of nitrogens with zero attached hydrogens (tertiary/aromatic N) is 2. The highest BCUT2D eigenvalue weighted by Crippen LogP contribution is 2.49. The third-order valence-electron chi connectivity index (χ3n) is 9.89. The van der Waals surface area contributed by atoms with Crippen LogP contribution >= 0.6 is 0 Å². The molecule has 0 spiro atoms. The van der Waals surface area contributed by atoms with Crippen molar-refractivity contribution >= 4 is 6.29 Å². The summed E-state index contributed by atoms with van der Waals surface area (Å²) in [6, 6.07) is 20.3. The number of aliphatic hydroxyl groups excluding tert-OH is 1. The zero-order chi connectivity index (χ0) is 31.9. The second-order valence-corrected chi connectivity index (χ2v) is 12.6. The Morgan fingerprint density at radius 1 is 0.826 bits per heavy atom. The van der Waals surface area contributed by atoms with Crippen molar-refractivity contribution in [2.75, 3.05) is 41.4 Å². The van der Waals surface area contributed by atoms with Gasteiger partial charge in [0.15, 0.2) is 29.3 Å². The minimum atomic E-state index is -0.159. The van der Waals surface area contributed by atoms with Crippen LogP contribution in [0.1, 0.15) is 61.4 Å². The Labute approximate surface area is 270 Å². The molecular weight excluding hydrogens is 580 g/mol. The monoisotopic (exact) mass is 620 g/mol. The predicted molar refractivity (Wildman–Crippen MR) is 176 cm³/mol. The molecule has 0 fully saturated rings. The molecule has 6 bridgehead atoms. The molecule has 4 aromatic rings. The van der Waals surface area contributed by atoms with Gasteiger partial charge in [-0.2, -0.15) is 0 Å². The van der Waals surface area contributed by atoms with Gasteiger partial charge in [-0.05, 0) is 110 Å². The van der Waals surface area contributed by atoms with E-state index >= 15 is 0 Å². The number of fused-ring (bicyclic) bond motifs is 2. The molecule has 46 heavy (non-hydrogen) atoms. The van der Waals surface area contributed by atoms with Crippen molar-refractivity contribution in [3.8, 4) is 34.5 Å². The van der Waals surface area contributed by atoms with Crippen LogP contribution in [0, 0.1) is 0 Å². The van der Waals surface area contributed by atoms with Gasteiger partial charge in [-0.15, -0.1) is 0 Å². The van der Waals surface area contributed by atoms with Gasteiger partial charge < -0.3 is 24.1 Å². The quantitative estimate of drug-likeness (QED) is 0.261. The lowest BCUT2D eigenvalue weighted by atomic mass is 9.86. The molecule has 0 saturated carbocycles. The fraction of sp³-hybridized carbons (Fsp3) is 0.342. The largest absolute Gasteiger partial charge is 0.493 e. The van der Waals surface area contributed by atoms with Gasteiger partial charge in [0.25, 0.3) is 0 Å². The summed E-state index contributed by atoms with van der Waals surface area (Å²) in [4.78, 5) is 16.7. The van der Waals surface area contributed by atoms with Gasteiger partial charge in [0.05, 0.1) is 26.4 Å². The lowest BCUT2D eigenvalue weighted by Crippen LogP contribution is -2.34. The van der Waals surface area contributed by atoms with E-state index in [2.05, 4.69) is 54.2 Å². The van der Waals surface area contributed by atoms with Crippen LogP contribution in [0.2, 0.25) is 0 Å². The molecule has 238 valence electrons. The summed E-state index contributed by atoms with van der Waals surface area (Å²) in [5.41, 5.74) is 8.02. The van der Waals surface area contributed by atoms with E-state index in [1.165, 1.54) is 11.1 Å². The molecule has 0 aliphatic carbocycles. The normalized spacial score (nSPS) is 19.2. The van der Waals surface area contributed by atoms with Crippen molar-refractivity contribution < 1.29 is 28.8 Å². The van der Waals surface area contributed by atoms with Crippen LogP contribution in [0.5, 0.6) is 34.5 Å². The van der Waals surface area contributed by atoms with E-state index in [0.717, 1.165) is 67.3 Å². The molecule has 8 nitrogen and oxygen atoms in total. The maximum atomic E-state index is 12.0. The minimum absolute atomic E-state index is 0.00750. The summed E-state index contributed by atoms with van der Waals surface area (Å²) >= 11 is 0. The number of carbonyl (C=O) groups is 1. The number of likely N-dealkylation sites (N-methyl/N-ethyl adjacent to an activating group) is 2. The smallest absolute Gasteiger partial charge is 0.174 e. The molecule has 8 heteroatoms. The molecule has 0 aromatic heterocycles. The molecule has 8 rings (SSSR count). The van der Waals surface area contributed by atoms with Crippen molar-refractivity contribution in [3.63, 3.8) is 0 Å². The van der Waals surface area contributed by atoms with Gasteiger partial charge in [-0.25, -0.2) is 0 Å². The van der Waals surface area contributed by atoms with Crippen LogP contribution in [0.3, 0.4) is 0 Å². The first-order chi connectivity index (χ1) is 22.4. The van der Waals surface area contributed by atoms with Gasteiger partial charge in [0.2, 0.25) is 0 Å². The Bertz CT molecular complexity index is 1790. The number of methoxy groups -OCH3 is 2. The van der Waals surface area contributed by atoms with E-state index in [-0.39, 0.29) is 18.7 Å². The fourth-order valence-corrected chi connectivity index (χ4v) is 7.32. The maximum absolute atomic E-state index is 12.0. The standard InChI is InChI=1S/C38H40N2O6/c1-39-13-11-25-19-34(43-3)35-20-30(25)31(39)16-24-5-8-27(21-41)33(17-24)45-29-9-6-23(7-10-29)15-32-36-26(12-14-40(32)2)18-28(22-42)37(44-4)38(36)46-35/h5-10,17-21,31-32,42H,11-16,22H2,1-4H3/t31-,32+/m1/s1. The number of rotatable bonds is 4. The second-order valence-electron chi connectivity index (χ2n) is 12.6. The number of benzene rings is 4. The van der Waals surface area contributed by atoms with Gasteiger partial charge in [-0.1, -0.05) is 18.2 Å². The first-order valence-corrected chi connectivity index (χ1v) is 15.9. The average molecular weight is 621 g/mol. The first-order valence-electron chi connectivity index (χ1n) is 15.9. The molecule has 0 unspecified atom stereocenters. The molecular formula is C38H40N2O6. The Morgan fingerprint density at radius 2 is 1.54 bits per heavy atom. The Hall–Kier alpha value is -4.37. The number of hydrogen-bond donors (Lipinski definition) is 1. The molecule has 4 aromatic carbocycles. The van der Waals surface area contributed by atoms with Crippen molar-refractivity contribution in [3.05, 3.63) is 105 Å². The Balaban J connectivity index is 1.46. The number of aldehydes is 1. The Kier molecular flexibility index (Phi) is 8.19. The van der Waals surface area contributed by atoms with E-state index in [0.29, 0.717) is 45.6 Å². The molecule has 0 radical (unpaired) electrons. The molecule has 0 amide bonds. The summed E-state index contributed by atoms with van der Waals surface area (Å²) in [7, 11) is 7.59. The molecule has 2 atom stereocenters. The molecule has 4 aliphatic heterocycles. The maximum Gasteiger partial charge on any atom is 0.174 e. The average Bonchev–Trinajstić information content (AvgIpc) is 3.07. The van der Waals surface area contributed by atoms with Crippen molar-refractivity contribution in [2.45, 2.75) is 44.4 Å². The highest BCUT2D eigenvalue weighted by atomic mass is 16.5. The molecule has 4 heterocycles. The Morgan fingerprint density at radius 3 is 2.26 bits per heavy atom. The summed E-state index contributed by atoms with van der Waals surface area (Å²) < 4.78 is 25.2. The van der Waals surface area contributed by atoms with Gasteiger partial charge in [0.1, 0.15) is 11.5 Å². The van der Waals surface area contributed by atoms with Crippen LogP contribution in [-0.4, -0.2) is 62.6 Å². The van der Waals surface area contributed by atoms with Crippen LogP contribution in [0.15, 0.2) is 60.7 Å².